The molecule has 164 valence electrons. The topological polar surface area (TPSA) is 9.23 Å². The van der Waals surface area contributed by atoms with Gasteiger partial charge in [-0.05, 0) is 41.3 Å². The molecule has 1 nitrogen and oxygen atoms in total. The molecule has 0 aromatic heterocycles. The molecule has 0 amide bonds. The summed E-state index contributed by atoms with van der Waals surface area (Å²) in [6.07, 6.45) is 1.47. The van der Waals surface area contributed by atoms with E-state index in [4.69, 9.17) is 4.74 Å². The molecule has 0 N–H and O–H groups in total. The Hall–Kier alpha value is -4.11. The van der Waals surface area contributed by atoms with E-state index in [0.29, 0.717) is 16.7 Å². The molecule has 0 saturated carbocycles. The molecule has 0 bridgehead atoms. The predicted molar refractivity (Wildman–Crippen MR) is 117 cm³/mol. The summed E-state index contributed by atoms with van der Waals surface area (Å²) in [5, 5.41) is 0.133. The predicted octanol–water partition coefficient (Wildman–Crippen LogP) is 7.17. The number of halogens is 5. The molecule has 4 rings (SSSR count). The summed E-state index contributed by atoms with van der Waals surface area (Å²) in [4.78, 5) is 0. The van der Waals surface area contributed by atoms with E-state index in [9.17, 15) is 22.0 Å². The van der Waals surface area contributed by atoms with Gasteiger partial charge in [0, 0.05) is 28.6 Å². The summed E-state index contributed by atoms with van der Waals surface area (Å²) in [7, 11) is 0. The molecule has 4 aromatic carbocycles. The highest BCUT2D eigenvalue weighted by atomic mass is 19.2. The van der Waals surface area contributed by atoms with Crippen LogP contribution in [0.4, 0.5) is 22.0 Å². The third-order valence-corrected chi connectivity index (χ3v) is 4.88. The molecule has 0 heterocycles. The molecule has 4 aromatic rings. The van der Waals surface area contributed by atoms with Crippen molar-refractivity contribution in [1.82, 2.24) is 0 Å². The Morgan fingerprint density at radius 2 is 1.36 bits per heavy atom. The summed E-state index contributed by atoms with van der Waals surface area (Å²) in [5.41, 5.74) is 1.15. The Morgan fingerprint density at radius 1 is 0.727 bits per heavy atom. The van der Waals surface area contributed by atoms with E-state index in [2.05, 4.69) is 18.4 Å². The summed E-state index contributed by atoms with van der Waals surface area (Å²) in [6.45, 7) is 3.61. The molecule has 0 aliphatic heterocycles. The number of rotatable bonds is 4. The van der Waals surface area contributed by atoms with Crippen molar-refractivity contribution in [2.24, 2.45) is 0 Å². The molecule has 0 unspecified atom stereocenters. The van der Waals surface area contributed by atoms with Gasteiger partial charge in [0.2, 0.25) is 0 Å². The second-order valence-corrected chi connectivity index (χ2v) is 7.11. The largest absolute Gasteiger partial charge is 0.489 e. The first-order valence-corrected chi connectivity index (χ1v) is 9.80. The van der Waals surface area contributed by atoms with Crippen LogP contribution in [-0.2, 0) is 0 Å². The molecular weight excluding hydrogens is 435 g/mol. The van der Waals surface area contributed by atoms with Gasteiger partial charge in [0.25, 0.3) is 0 Å². The van der Waals surface area contributed by atoms with Crippen LogP contribution in [-0.4, -0.2) is 6.61 Å². The van der Waals surface area contributed by atoms with Crippen LogP contribution in [0.15, 0.2) is 73.3 Å². The van der Waals surface area contributed by atoms with Gasteiger partial charge in [-0.1, -0.05) is 42.7 Å². The number of hydrogen-bond acceptors (Lipinski definition) is 1. The van der Waals surface area contributed by atoms with Crippen molar-refractivity contribution in [3.8, 4) is 28.7 Å². The molecule has 0 fully saturated rings. The normalized spacial score (nSPS) is 10.6. The van der Waals surface area contributed by atoms with Gasteiger partial charge in [-0.15, -0.1) is 0 Å². The first-order valence-electron chi connectivity index (χ1n) is 9.80. The van der Waals surface area contributed by atoms with E-state index < -0.39 is 29.1 Å². The lowest BCUT2D eigenvalue weighted by atomic mass is 10.0. The maximum atomic E-state index is 14.5. The summed E-state index contributed by atoms with van der Waals surface area (Å²) in [6, 6.07) is 13.6. The van der Waals surface area contributed by atoms with Crippen LogP contribution in [0.25, 0.3) is 21.9 Å². The van der Waals surface area contributed by atoms with Crippen molar-refractivity contribution in [2.45, 2.75) is 0 Å². The van der Waals surface area contributed by atoms with Gasteiger partial charge in [-0.3, -0.25) is 0 Å². The van der Waals surface area contributed by atoms with E-state index >= 15 is 0 Å². The number of hydrogen-bond donors (Lipinski definition) is 0. The van der Waals surface area contributed by atoms with Crippen LogP contribution in [0.5, 0.6) is 5.75 Å². The zero-order valence-electron chi connectivity index (χ0n) is 17.1. The van der Waals surface area contributed by atoms with Crippen LogP contribution in [0, 0.1) is 40.9 Å². The molecule has 0 radical (unpaired) electrons. The minimum atomic E-state index is -1.52. The van der Waals surface area contributed by atoms with Gasteiger partial charge in [-0.25, -0.2) is 22.0 Å². The smallest absolute Gasteiger partial charge is 0.195 e. The first kappa shape index (κ1) is 22.1. The van der Waals surface area contributed by atoms with E-state index in [-0.39, 0.29) is 28.7 Å². The summed E-state index contributed by atoms with van der Waals surface area (Å²) >= 11 is 0. The maximum Gasteiger partial charge on any atom is 0.195 e. The Kier molecular flexibility index (Phi) is 6.14. The van der Waals surface area contributed by atoms with Crippen molar-refractivity contribution in [3.05, 3.63) is 114 Å². The molecule has 0 aliphatic rings. The molecule has 33 heavy (non-hydrogen) atoms. The average molecular weight is 450 g/mol. The highest BCUT2D eigenvalue weighted by Gasteiger charge is 2.15. The Bertz CT molecular complexity index is 1410. The fourth-order valence-corrected chi connectivity index (χ4v) is 3.31. The average Bonchev–Trinajstić information content (AvgIpc) is 2.80. The number of ether oxygens (including phenoxy) is 1. The second-order valence-electron chi connectivity index (χ2n) is 7.11. The fraction of sp³-hybridized carbons (Fsp3) is 0.0370. The summed E-state index contributed by atoms with van der Waals surface area (Å²) in [5.74, 6) is 0.221. The van der Waals surface area contributed by atoms with E-state index in [1.54, 1.807) is 12.1 Å². The molecule has 6 heteroatoms. The van der Waals surface area contributed by atoms with Crippen molar-refractivity contribution in [1.29, 1.82) is 0 Å². The lowest BCUT2D eigenvalue weighted by Gasteiger charge is -2.09. The highest BCUT2D eigenvalue weighted by Crippen LogP contribution is 2.30. The zero-order chi connectivity index (χ0) is 23.5. The first-order chi connectivity index (χ1) is 15.9. The molecule has 0 saturated heterocycles. The number of benzene rings is 4. The van der Waals surface area contributed by atoms with Gasteiger partial charge in [-0.2, -0.15) is 0 Å². The van der Waals surface area contributed by atoms with Crippen molar-refractivity contribution in [2.75, 3.05) is 6.61 Å². The SMILES string of the molecule is C=CCOc1cc(F)c(-c2ccc(C#Cc3ccc4c(F)c(F)c(F)cc4c3)cc2)c(F)c1. The van der Waals surface area contributed by atoms with Gasteiger partial charge in [0.05, 0.1) is 5.56 Å². The zero-order valence-corrected chi connectivity index (χ0v) is 17.1. The van der Waals surface area contributed by atoms with Gasteiger partial charge in [0.1, 0.15) is 24.0 Å². The van der Waals surface area contributed by atoms with Gasteiger partial charge < -0.3 is 4.74 Å². The minimum Gasteiger partial charge on any atom is -0.489 e. The van der Waals surface area contributed by atoms with E-state index in [1.165, 1.54) is 36.4 Å². The van der Waals surface area contributed by atoms with Gasteiger partial charge >= 0.3 is 0 Å². The number of fused-ring (bicyclic) bond motifs is 1. The lowest BCUT2D eigenvalue weighted by molar-refractivity contribution is 0.358. The van der Waals surface area contributed by atoms with Crippen molar-refractivity contribution >= 4 is 10.8 Å². The van der Waals surface area contributed by atoms with Crippen LogP contribution in [0.2, 0.25) is 0 Å². The standard InChI is InChI=1S/C27H15F5O/c1-2-11-33-20-14-22(28)25(23(29)15-20)18-8-5-16(6-9-18)3-4-17-7-10-21-19(12-17)13-24(30)27(32)26(21)31/h2,5-10,12-15H,1,11H2. The Balaban J connectivity index is 1.59. The monoisotopic (exact) mass is 450 g/mol. The van der Waals surface area contributed by atoms with Crippen LogP contribution in [0.1, 0.15) is 11.1 Å². The fourth-order valence-electron chi connectivity index (χ4n) is 3.31. The van der Waals surface area contributed by atoms with Crippen LogP contribution >= 0.6 is 0 Å². The Labute approximate surface area is 186 Å². The van der Waals surface area contributed by atoms with Crippen LogP contribution < -0.4 is 4.74 Å². The van der Waals surface area contributed by atoms with Crippen molar-refractivity contribution in [3.63, 3.8) is 0 Å². The molecular formula is C27H15F5O. The molecule has 0 spiro atoms. The minimum absolute atomic E-state index is 0.0474. The third-order valence-electron chi connectivity index (χ3n) is 4.88. The van der Waals surface area contributed by atoms with Gasteiger partial charge in [0.15, 0.2) is 17.5 Å². The Morgan fingerprint density at radius 3 is 2.03 bits per heavy atom. The molecule has 0 atom stereocenters. The van der Waals surface area contributed by atoms with E-state index in [0.717, 1.165) is 18.2 Å². The maximum absolute atomic E-state index is 14.5. The third kappa shape index (κ3) is 4.58. The second kappa shape index (κ2) is 9.17. The van der Waals surface area contributed by atoms with Crippen LogP contribution in [0.3, 0.4) is 0 Å². The lowest BCUT2D eigenvalue weighted by Crippen LogP contribution is -1.97. The van der Waals surface area contributed by atoms with Crippen molar-refractivity contribution < 1.29 is 26.7 Å². The molecule has 0 aliphatic carbocycles. The quantitative estimate of drug-likeness (QED) is 0.139. The van der Waals surface area contributed by atoms with E-state index in [1.807, 2.05) is 0 Å². The highest BCUT2D eigenvalue weighted by molar-refractivity contribution is 5.84. The summed E-state index contributed by atoms with van der Waals surface area (Å²) < 4.78 is 74.8.